The number of H-pyrrole nitrogens is 1. The van der Waals surface area contributed by atoms with Gasteiger partial charge in [-0.3, -0.25) is 14.4 Å². The molecule has 0 aliphatic carbocycles. The first-order valence-corrected chi connectivity index (χ1v) is 9.35. The first-order chi connectivity index (χ1) is 12.8. The van der Waals surface area contributed by atoms with Crippen molar-refractivity contribution >= 4 is 11.9 Å². The van der Waals surface area contributed by atoms with Crippen molar-refractivity contribution in [2.24, 2.45) is 0 Å². The summed E-state index contributed by atoms with van der Waals surface area (Å²) in [7, 11) is 0. The normalized spacial score (nSPS) is 19.4. The number of hydrogen-bond donors (Lipinski definition) is 1. The standard InChI is InChI=1S/C20H27N3O4/c1-12-6-5-7-13(2)23(12)18(24)11-27-19(25)9-8-16-14(3)17(10-21)20(26)22-15(16)4/h12-13H,5-9,11H2,1-4H3,(H,22,26)/t12-,13-/m0/s1. The van der Waals surface area contributed by atoms with Crippen LogP contribution in [0.15, 0.2) is 4.79 Å². The summed E-state index contributed by atoms with van der Waals surface area (Å²) in [5.74, 6) is -0.629. The lowest BCUT2D eigenvalue weighted by molar-refractivity contribution is -0.154. The van der Waals surface area contributed by atoms with E-state index >= 15 is 0 Å². The first-order valence-electron chi connectivity index (χ1n) is 9.35. The van der Waals surface area contributed by atoms with Crippen LogP contribution in [0.25, 0.3) is 0 Å². The smallest absolute Gasteiger partial charge is 0.306 e. The molecule has 1 saturated heterocycles. The van der Waals surface area contributed by atoms with Gasteiger partial charge in [0.1, 0.15) is 11.6 Å². The number of piperidine rings is 1. The van der Waals surface area contributed by atoms with Crippen LogP contribution < -0.4 is 5.56 Å². The molecule has 2 atom stereocenters. The van der Waals surface area contributed by atoms with Gasteiger partial charge in [-0.25, -0.2) is 0 Å². The molecule has 1 aliphatic rings. The fraction of sp³-hybridized carbons (Fsp3) is 0.600. The summed E-state index contributed by atoms with van der Waals surface area (Å²) in [5.41, 5.74) is 1.61. The molecule has 0 aromatic carbocycles. The Morgan fingerprint density at radius 2 is 1.89 bits per heavy atom. The number of ether oxygens (including phenoxy) is 1. The highest BCUT2D eigenvalue weighted by atomic mass is 16.5. The number of likely N-dealkylation sites (tertiary alicyclic amines) is 1. The molecule has 0 radical (unpaired) electrons. The Morgan fingerprint density at radius 3 is 2.48 bits per heavy atom. The molecule has 1 fully saturated rings. The average molecular weight is 373 g/mol. The maximum absolute atomic E-state index is 12.4. The van der Waals surface area contributed by atoms with Gasteiger partial charge in [0.05, 0.1) is 0 Å². The van der Waals surface area contributed by atoms with E-state index in [1.165, 1.54) is 0 Å². The van der Waals surface area contributed by atoms with Crippen molar-refractivity contribution < 1.29 is 14.3 Å². The predicted octanol–water partition coefficient (Wildman–Crippen LogP) is 2.13. The molecule has 1 aromatic heterocycles. The second-order valence-corrected chi connectivity index (χ2v) is 7.26. The van der Waals surface area contributed by atoms with Gasteiger partial charge in [0, 0.05) is 24.2 Å². The Kier molecular flexibility index (Phi) is 6.78. The zero-order valence-electron chi connectivity index (χ0n) is 16.4. The maximum Gasteiger partial charge on any atom is 0.306 e. The minimum Gasteiger partial charge on any atom is -0.456 e. The molecule has 1 aromatic rings. The number of amides is 1. The van der Waals surface area contributed by atoms with Gasteiger partial charge in [-0.1, -0.05) is 0 Å². The molecule has 1 aliphatic heterocycles. The second kappa shape index (κ2) is 8.85. The summed E-state index contributed by atoms with van der Waals surface area (Å²) in [6.07, 6.45) is 3.46. The van der Waals surface area contributed by atoms with Crippen LogP contribution >= 0.6 is 0 Å². The number of nitrogens with one attached hydrogen (secondary N) is 1. The topological polar surface area (TPSA) is 103 Å². The maximum atomic E-state index is 12.4. The number of carbonyl (C=O) groups excluding carboxylic acids is 2. The van der Waals surface area contributed by atoms with Crippen LogP contribution in [-0.2, 0) is 20.7 Å². The number of aryl methyl sites for hydroxylation is 1. The lowest BCUT2D eigenvalue weighted by Gasteiger charge is -2.38. The van der Waals surface area contributed by atoms with E-state index in [-0.39, 0.29) is 36.6 Å². The molecule has 27 heavy (non-hydrogen) atoms. The van der Waals surface area contributed by atoms with Gasteiger partial charge in [-0.2, -0.15) is 5.26 Å². The van der Waals surface area contributed by atoms with E-state index in [0.717, 1.165) is 24.8 Å². The molecule has 1 amide bonds. The van der Waals surface area contributed by atoms with Crippen LogP contribution in [0.2, 0.25) is 0 Å². The summed E-state index contributed by atoms with van der Waals surface area (Å²) < 4.78 is 5.17. The Morgan fingerprint density at radius 1 is 1.26 bits per heavy atom. The van der Waals surface area contributed by atoms with Crippen LogP contribution in [0.5, 0.6) is 0 Å². The zero-order chi connectivity index (χ0) is 20.1. The summed E-state index contributed by atoms with van der Waals surface area (Å²) in [6, 6.07) is 2.22. The Bertz CT molecular complexity index is 812. The van der Waals surface area contributed by atoms with Crippen LogP contribution in [-0.4, -0.2) is 40.5 Å². The van der Waals surface area contributed by atoms with Gasteiger partial charge in [0.2, 0.25) is 0 Å². The van der Waals surface area contributed by atoms with E-state index in [4.69, 9.17) is 10.00 Å². The molecular formula is C20H27N3O4. The number of pyridine rings is 1. The molecule has 7 heteroatoms. The van der Waals surface area contributed by atoms with Gasteiger partial charge >= 0.3 is 5.97 Å². The molecule has 2 rings (SSSR count). The second-order valence-electron chi connectivity index (χ2n) is 7.26. The van der Waals surface area contributed by atoms with Crippen LogP contribution in [0, 0.1) is 25.2 Å². The molecule has 0 saturated carbocycles. The summed E-state index contributed by atoms with van der Waals surface area (Å²) in [5, 5.41) is 9.10. The molecule has 0 unspecified atom stereocenters. The summed E-state index contributed by atoms with van der Waals surface area (Å²) >= 11 is 0. The summed E-state index contributed by atoms with van der Waals surface area (Å²) in [6.45, 7) is 7.22. The molecule has 7 nitrogen and oxygen atoms in total. The van der Waals surface area contributed by atoms with Crippen LogP contribution in [0.4, 0.5) is 0 Å². The van der Waals surface area contributed by atoms with Crippen molar-refractivity contribution in [2.45, 2.75) is 71.9 Å². The molecule has 0 bridgehead atoms. The zero-order valence-corrected chi connectivity index (χ0v) is 16.4. The lowest BCUT2D eigenvalue weighted by Crippen LogP contribution is -2.49. The number of carbonyl (C=O) groups is 2. The minimum atomic E-state index is -0.468. The van der Waals surface area contributed by atoms with Gasteiger partial charge in [0.15, 0.2) is 6.61 Å². The number of hydrogen-bond acceptors (Lipinski definition) is 5. The Hall–Kier alpha value is -2.62. The number of rotatable bonds is 5. The van der Waals surface area contributed by atoms with E-state index < -0.39 is 11.5 Å². The third-order valence-electron chi connectivity index (χ3n) is 5.34. The van der Waals surface area contributed by atoms with E-state index in [9.17, 15) is 14.4 Å². The van der Waals surface area contributed by atoms with Gasteiger partial charge < -0.3 is 14.6 Å². The highest BCUT2D eigenvalue weighted by Gasteiger charge is 2.29. The molecule has 2 heterocycles. The fourth-order valence-corrected chi connectivity index (χ4v) is 3.85. The third-order valence-corrected chi connectivity index (χ3v) is 5.34. The fourth-order valence-electron chi connectivity index (χ4n) is 3.85. The summed E-state index contributed by atoms with van der Waals surface area (Å²) in [4.78, 5) is 40.7. The Balaban J connectivity index is 1.93. The molecule has 1 N–H and O–H groups in total. The van der Waals surface area contributed by atoms with Gasteiger partial charge in [-0.05, 0) is 64.5 Å². The molecule has 146 valence electrons. The number of aromatic amines is 1. The van der Waals surface area contributed by atoms with Crippen molar-refractivity contribution in [3.63, 3.8) is 0 Å². The minimum absolute atomic E-state index is 0.0622. The molecule has 0 spiro atoms. The van der Waals surface area contributed by atoms with Crippen molar-refractivity contribution in [2.75, 3.05) is 6.61 Å². The van der Waals surface area contributed by atoms with Crippen LogP contribution in [0.3, 0.4) is 0 Å². The van der Waals surface area contributed by atoms with Crippen molar-refractivity contribution in [3.05, 3.63) is 32.7 Å². The largest absolute Gasteiger partial charge is 0.456 e. The number of esters is 1. The van der Waals surface area contributed by atoms with E-state index in [1.54, 1.807) is 13.8 Å². The van der Waals surface area contributed by atoms with E-state index in [2.05, 4.69) is 4.98 Å². The monoisotopic (exact) mass is 373 g/mol. The number of nitrogens with zero attached hydrogens (tertiary/aromatic N) is 2. The molecular weight excluding hydrogens is 346 g/mol. The SMILES string of the molecule is Cc1[nH]c(=O)c(C#N)c(C)c1CCC(=O)OCC(=O)N1[C@@H](C)CCC[C@@H]1C. The highest BCUT2D eigenvalue weighted by Crippen LogP contribution is 2.22. The highest BCUT2D eigenvalue weighted by molar-refractivity contribution is 5.81. The van der Waals surface area contributed by atoms with Crippen molar-refractivity contribution in [1.82, 2.24) is 9.88 Å². The van der Waals surface area contributed by atoms with Crippen LogP contribution in [0.1, 0.15) is 61.9 Å². The van der Waals surface area contributed by atoms with Gasteiger partial charge in [-0.15, -0.1) is 0 Å². The van der Waals surface area contributed by atoms with Crippen molar-refractivity contribution in [3.8, 4) is 6.07 Å². The number of aromatic nitrogens is 1. The third kappa shape index (κ3) is 4.76. The van der Waals surface area contributed by atoms with Gasteiger partial charge in [0.25, 0.3) is 11.5 Å². The quantitative estimate of drug-likeness (QED) is 0.796. The van der Waals surface area contributed by atoms with E-state index in [0.29, 0.717) is 17.7 Å². The van der Waals surface area contributed by atoms with Crippen molar-refractivity contribution in [1.29, 1.82) is 5.26 Å². The lowest BCUT2D eigenvalue weighted by atomic mass is 9.97. The average Bonchev–Trinajstić information content (AvgIpc) is 2.59. The first kappa shape index (κ1) is 20.7. The van der Waals surface area contributed by atoms with E-state index in [1.807, 2.05) is 24.8 Å². The number of nitriles is 1. The Labute approximate surface area is 159 Å². The predicted molar refractivity (Wildman–Crippen MR) is 100 cm³/mol.